The van der Waals surface area contributed by atoms with E-state index in [9.17, 15) is 8.42 Å². The van der Waals surface area contributed by atoms with E-state index in [1.165, 1.54) is 25.1 Å². The summed E-state index contributed by atoms with van der Waals surface area (Å²) in [7, 11) is -3.64. The Balaban J connectivity index is 1.45. The predicted molar refractivity (Wildman–Crippen MR) is 84.2 cm³/mol. The molecule has 0 amide bonds. The second kappa shape index (κ2) is 6.54. The van der Waals surface area contributed by atoms with Gasteiger partial charge in [-0.1, -0.05) is 0 Å². The van der Waals surface area contributed by atoms with Crippen LogP contribution >= 0.6 is 0 Å². The first-order valence-electron chi connectivity index (χ1n) is 7.71. The van der Waals surface area contributed by atoms with Crippen molar-refractivity contribution in [1.82, 2.24) is 10.2 Å². The summed E-state index contributed by atoms with van der Waals surface area (Å²) in [5, 5.41) is 8.53. The Hall–Kier alpha value is -1.15. The third-order valence-electron chi connectivity index (χ3n) is 4.62. The minimum Gasteiger partial charge on any atom is -0.492 e. The van der Waals surface area contributed by atoms with Crippen molar-refractivity contribution in [3.8, 4) is 5.75 Å². The second-order valence-corrected chi connectivity index (χ2v) is 7.69. The van der Waals surface area contributed by atoms with E-state index in [-0.39, 0.29) is 4.90 Å². The number of benzene rings is 1. The highest BCUT2D eigenvalue weighted by atomic mass is 32.2. The Morgan fingerprint density at radius 3 is 2.68 bits per heavy atom. The molecular formula is C15H23N3O3S. The number of likely N-dealkylation sites (tertiary alicyclic amines) is 1. The fourth-order valence-electron chi connectivity index (χ4n) is 3.33. The largest absolute Gasteiger partial charge is 0.492 e. The van der Waals surface area contributed by atoms with Gasteiger partial charge in [-0.2, -0.15) is 0 Å². The number of ether oxygens (including phenoxy) is 1. The van der Waals surface area contributed by atoms with Crippen LogP contribution in [-0.2, 0) is 10.0 Å². The molecule has 2 heterocycles. The molecule has 2 aliphatic heterocycles. The molecule has 0 spiro atoms. The van der Waals surface area contributed by atoms with Crippen molar-refractivity contribution in [3.05, 3.63) is 24.3 Å². The molecule has 6 nitrogen and oxygen atoms in total. The third-order valence-corrected chi connectivity index (χ3v) is 5.55. The van der Waals surface area contributed by atoms with Crippen molar-refractivity contribution in [2.75, 3.05) is 39.3 Å². The highest BCUT2D eigenvalue weighted by Gasteiger charge is 2.32. The van der Waals surface area contributed by atoms with Gasteiger partial charge in [0.1, 0.15) is 12.4 Å². The van der Waals surface area contributed by atoms with Crippen LogP contribution < -0.4 is 15.2 Å². The number of nitrogens with zero attached hydrogens (tertiary/aromatic N) is 1. The van der Waals surface area contributed by atoms with Crippen LogP contribution in [0, 0.1) is 11.8 Å². The number of rotatable bonds is 5. The molecule has 2 aliphatic rings. The van der Waals surface area contributed by atoms with E-state index in [1.54, 1.807) is 12.1 Å². The van der Waals surface area contributed by atoms with Crippen molar-refractivity contribution >= 4 is 10.0 Å². The molecule has 2 unspecified atom stereocenters. The molecule has 0 bridgehead atoms. The Morgan fingerprint density at radius 1 is 1.23 bits per heavy atom. The Labute approximate surface area is 131 Å². The first-order valence-corrected chi connectivity index (χ1v) is 9.26. The molecule has 0 aromatic heterocycles. The van der Waals surface area contributed by atoms with Gasteiger partial charge in [0, 0.05) is 13.1 Å². The number of hydrogen-bond donors (Lipinski definition) is 2. The summed E-state index contributed by atoms with van der Waals surface area (Å²) in [6.07, 6.45) is 1.26. The van der Waals surface area contributed by atoms with Crippen LogP contribution in [0.25, 0.3) is 0 Å². The van der Waals surface area contributed by atoms with Gasteiger partial charge in [0.2, 0.25) is 10.0 Å². The lowest BCUT2D eigenvalue weighted by Crippen LogP contribution is -2.41. The van der Waals surface area contributed by atoms with Crippen LogP contribution in [0.2, 0.25) is 0 Å². The van der Waals surface area contributed by atoms with Gasteiger partial charge in [-0.15, -0.1) is 0 Å². The average Bonchev–Trinajstić information content (AvgIpc) is 2.94. The quantitative estimate of drug-likeness (QED) is 0.811. The number of nitrogens with one attached hydrogen (secondary N) is 1. The van der Waals surface area contributed by atoms with Gasteiger partial charge in [-0.3, -0.25) is 4.90 Å². The van der Waals surface area contributed by atoms with Crippen LogP contribution in [0.4, 0.5) is 0 Å². The minimum absolute atomic E-state index is 0.107. The zero-order valence-electron chi connectivity index (χ0n) is 12.6. The van der Waals surface area contributed by atoms with E-state index in [0.717, 1.165) is 38.0 Å². The fraction of sp³-hybridized carbons (Fsp3) is 0.600. The highest BCUT2D eigenvalue weighted by molar-refractivity contribution is 7.89. The van der Waals surface area contributed by atoms with Gasteiger partial charge in [0.05, 0.1) is 4.90 Å². The van der Waals surface area contributed by atoms with E-state index in [2.05, 4.69) is 10.2 Å². The van der Waals surface area contributed by atoms with E-state index in [0.29, 0.717) is 12.4 Å². The summed E-state index contributed by atoms with van der Waals surface area (Å²) in [5.41, 5.74) is 0. The average molecular weight is 325 g/mol. The molecule has 1 aromatic carbocycles. The van der Waals surface area contributed by atoms with Crippen molar-refractivity contribution in [2.24, 2.45) is 17.0 Å². The maximum Gasteiger partial charge on any atom is 0.238 e. The van der Waals surface area contributed by atoms with Crippen LogP contribution in [-0.4, -0.2) is 52.6 Å². The van der Waals surface area contributed by atoms with Crippen LogP contribution in [0.3, 0.4) is 0 Å². The number of nitrogens with two attached hydrogens (primary N) is 1. The summed E-state index contributed by atoms with van der Waals surface area (Å²) in [6, 6.07) is 6.24. The molecule has 7 heteroatoms. The number of hydrogen-bond acceptors (Lipinski definition) is 5. The number of fused-ring (bicyclic) bond motifs is 1. The van der Waals surface area contributed by atoms with Gasteiger partial charge in [-0.25, -0.2) is 13.6 Å². The van der Waals surface area contributed by atoms with E-state index in [1.807, 2.05) is 0 Å². The van der Waals surface area contributed by atoms with Crippen molar-refractivity contribution < 1.29 is 13.2 Å². The predicted octanol–water partition coefficient (Wildman–Crippen LogP) is 0.254. The highest BCUT2D eigenvalue weighted by Crippen LogP contribution is 2.26. The first kappa shape index (κ1) is 15.7. The zero-order valence-corrected chi connectivity index (χ0v) is 13.4. The summed E-state index contributed by atoms with van der Waals surface area (Å²) >= 11 is 0. The van der Waals surface area contributed by atoms with Crippen LogP contribution in [0.15, 0.2) is 29.2 Å². The number of primary sulfonamides is 1. The van der Waals surface area contributed by atoms with Gasteiger partial charge < -0.3 is 10.1 Å². The molecule has 0 aliphatic carbocycles. The Kier molecular flexibility index (Phi) is 4.67. The van der Waals surface area contributed by atoms with E-state index >= 15 is 0 Å². The van der Waals surface area contributed by atoms with Gasteiger partial charge in [-0.05, 0) is 62.2 Å². The molecule has 0 radical (unpaired) electrons. The lowest BCUT2D eigenvalue weighted by molar-refractivity contribution is 0.127. The lowest BCUT2D eigenvalue weighted by Gasteiger charge is -2.34. The second-order valence-electron chi connectivity index (χ2n) is 6.13. The molecular weight excluding hydrogens is 302 g/mol. The molecule has 122 valence electrons. The van der Waals surface area contributed by atoms with Crippen molar-refractivity contribution in [1.29, 1.82) is 0 Å². The molecule has 2 fully saturated rings. The van der Waals surface area contributed by atoms with Crippen LogP contribution in [0.1, 0.15) is 6.42 Å². The SMILES string of the molecule is NS(=O)(=O)c1ccc(OCCN2CCC3CNCC3C2)cc1. The first-order chi connectivity index (χ1) is 10.5. The van der Waals surface area contributed by atoms with Gasteiger partial charge in [0.15, 0.2) is 0 Å². The topological polar surface area (TPSA) is 84.7 Å². The number of sulfonamides is 1. The lowest BCUT2D eigenvalue weighted by atomic mass is 9.89. The monoisotopic (exact) mass is 325 g/mol. The fourth-order valence-corrected chi connectivity index (χ4v) is 3.85. The van der Waals surface area contributed by atoms with Gasteiger partial charge in [0.25, 0.3) is 0 Å². The Morgan fingerprint density at radius 2 is 1.95 bits per heavy atom. The van der Waals surface area contributed by atoms with E-state index in [4.69, 9.17) is 9.88 Å². The summed E-state index contributed by atoms with van der Waals surface area (Å²) in [4.78, 5) is 2.56. The van der Waals surface area contributed by atoms with Crippen molar-refractivity contribution in [2.45, 2.75) is 11.3 Å². The standard InChI is InChI=1S/C15H23N3O3S/c16-22(19,20)15-3-1-14(2-4-15)21-8-7-18-6-5-12-9-17-10-13(12)11-18/h1-4,12-13,17H,5-11H2,(H2,16,19,20). The number of piperidine rings is 1. The smallest absolute Gasteiger partial charge is 0.238 e. The summed E-state index contributed by atoms with van der Waals surface area (Å²) in [5.74, 6) is 2.30. The van der Waals surface area contributed by atoms with Gasteiger partial charge >= 0.3 is 0 Å². The molecule has 3 N–H and O–H groups in total. The molecule has 2 saturated heterocycles. The van der Waals surface area contributed by atoms with Crippen LogP contribution in [0.5, 0.6) is 5.75 Å². The summed E-state index contributed by atoms with van der Waals surface area (Å²) in [6.45, 7) is 6.10. The van der Waals surface area contributed by atoms with E-state index < -0.39 is 10.0 Å². The molecule has 22 heavy (non-hydrogen) atoms. The molecule has 3 rings (SSSR count). The maximum atomic E-state index is 11.2. The Bertz CT molecular complexity index is 603. The normalized spacial score (nSPS) is 25.9. The van der Waals surface area contributed by atoms with Crippen molar-refractivity contribution in [3.63, 3.8) is 0 Å². The maximum absolute atomic E-state index is 11.2. The minimum atomic E-state index is -3.64. The molecule has 1 aromatic rings. The summed E-state index contributed by atoms with van der Waals surface area (Å²) < 4.78 is 28.1. The third kappa shape index (κ3) is 3.78. The molecule has 2 atom stereocenters. The molecule has 0 saturated carbocycles. The zero-order chi connectivity index (χ0) is 15.6.